The van der Waals surface area contributed by atoms with Crippen LogP contribution in [0.15, 0.2) is 12.7 Å². The average molecular weight is 250 g/mol. The topological polar surface area (TPSA) is 32.3 Å². The number of rotatable bonds is 5. The molecule has 0 bridgehead atoms. The molecule has 3 atom stereocenters. The highest BCUT2D eigenvalue weighted by molar-refractivity contribution is 5.82. The maximum absolute atomic E-state index is 12.3. The maximum Gasteiger partial charge on any atom is 0.239 e. The van der Waals surface area contributed by atoms with Gasteiger partial charge in [0.05, 0.1) is 6.04 Å². The van der Waals surface area contributed by atoms with Gasteiger partial charge in [-0.05, 0) is 38.0 Å². The van der Waals surface area contributed by atoms with E-state index in [2.05, 4.69) is 11.9 Å². The van der Waals surface area contributed by atoms with Crippen molar-refractivity contribution in [3.8, 4) is 0 Å². The minimum absolute atomic E-state index is 0.0758. The molecule has 3 unspecified atom stereocenters. The number of amides is 1. The Bertz CT molecular complexity index is 289. The molecule has 1 heterocycles. The minimum atomic E-state index is 0.0758. The van der Waals surface area contributed by atoms with Crippen LogP contribution in [0.4, 0.5) is 0 Å². The number of unbranched alkanes of at least 4 members (excludes halogenated alkanes) is 1. The summed E-state index contributed by atoms with van der Waals surface area (Å²) in [6.07, 6.45) is 10.2. The predicted molar refractivity (Wildman–Crippen MR) is 74.4 cm³/mol. The summed E-state index contributed by atoms with van der Waals surface area (Å²) in [6.45, 7) is 4.56. The number of carbonyl (C=O) groups excluding carboxylic acids is 1. The first-order chi connectivity index (χ1) is 8.72. The summed E-state index contributed by atoms with van der Waals surface area (Å²) in [5.41, 5.74) is 0. The van der Waals surface area contributed by atoms with Crippen LogP contribution in [0.5, 0.6) is 0 Å². The molecule has 1 N–H and O–H groups in total. The zero-order valence-corrected chi connectivity index (χ0v) is 11.5. The van der Waals surface area contributed by atoms with Crippen molar-refractivity contribution in [2.75, 3.05) is 13.6 Å². The molecule has 0 aromatic heterocycles. The Labute approximate surface area is 111 Å². The lowest BCUT2D eigenvalue weighted by molar-refractivity contribution is -0.131. The number of hydrogen-bond acceptors (Lipinski definition) is 2. The van der Waals surface area contributed by atoms with E-state index in [9.17, 15) is 4.79 Å². The smallest absolute Gasteiger partial charge is 0.239 e. The van der Waals surface area contributed by atoms with E-state index in [1.54, 1.807) is 0 Å². The molecule has 1 saturated carbocycles. The first-order valence-electron chi connectivity index (χ1n) is 7.34. The number of carbonyl (C=O) groups is 1. The van der Waals surface area contributed by atoms with Crippen molar-refractivity contribution < 1.29 is 4.79 Å². The van der Waals surface area contributed by atoms with Gasteiger partial charge in [-0.3, -0.25) is 4.79 Å². The monoisotopic (exact) mass is 250 g/mol. The summed E-state index contributed by atoms with van der Waals surface area (Å²) in [6, 6.07) is 0.682. The fraction of sp³-hybridized carbons (Fsp3) is 0.800. The summed E-state index contributed by atoms with van der Waals surface area (Å²) < 4.78 is 0. The molecule has 0 aromatic carbocycles. The highest BCUT2D eigenvalue weighted by atomic mass is 16.2. The second-order valence-electron chi connectivity index (χ2n) is 5.80. The van der Waals surface area contributed by atoms with Gasteiger partial charge in [0.1, 0.15) is 0 Å². The highest BCUT2D eigenvalue weighted by Gasteiger charge is 2.38. The van der Waals surface area contributed by atoms with Crippen molar-refractivity contribution in [2.45, 2.75) is 57.0 Å². The average Bonchev–Trinajstić information content (AvgIpc) is 2.81. The third kappa shape index (κ3) is 3.14. The quantitative estimate of drug-likeness (QED) is 0.600. The van der Waals surface area contributed by atoms with Crippen molar-refractivity contribution >= 4 is 5.91 Å². The standard InChI is InChI=1S/C15H26N2O/c1-3-4-7-10-17(2)15(18)14-11-12-8-5-6-9-13(12)16-14/h3,12-14,16H,1,4-11H2,2H3. The molecule has 1 aliphatic carbocycles. The van der Waals surface area contributed by atoms with Gasteiger partial charge in [0.15, 0.2) is 0 Å². The lowest BCUT2D eigenvalue weighted by Gasteiger charge is -2.24. The number of fused-ring (bicyclic) bond motifs is 1. The zero-order valence-electron chi connectivity index (χ0n) is 11.5. The molecule has 102 valence electrons. The van der Waals surface area contributed by atoms with E-state index in [0.29, 0.717) is 6.04 Å². The van der Waals surface area contributed by atoms with Crippen LogP contribution in [-0.2, 0) is 4.79 Å². The Balaban J connectivity index is 1.80. The zero-order chi connectivity index (χ0) is 13.0. The van der Waals surface area contributed by atoms with E-state index in [0.717, 1.165) is 31.7 Å². The Morgan fingerprint density at radius 1 is 1.44 bits per heavy atom. The molecular formula is C15H26N2O. The first-order valence-corrected chi connectivity index (χ1v) is 7.34. The molecule has 2 aliphatic rings. The number of nitrogens with zero attached hydrogens (tertiary/aromatic N) is 1. The van der Waals surface area contributed by atoms with Gasteiger partial charge in [-0.25, -0.2) is 0 Å². The second kappa shape index (κ2) is 6.37. The summed E-state index contributed by atoms with van der Waals surface area (Å²) in [4.78, 5) is 14.2. The van der Waals surface area contributed by atoms with E-state index in [4.69, 9.17) is 0 Å². The number of hydrogen-bond donors (Lipinski definition) is 1. The lowest BCUT2D eigenvalue weighted by atomic mass is 9.85. The molecule has 3 heteroatoms. The molecule has 0 radical (unpaired) electrons. The Kier molecular flexibility index (Phi) is 4.81. The van der Waals surface area contributed by atoms with Crippen LogP contribution in [0.2, 0.25) is 0 Å². The van der Waals surface area contributed by atoms with E-state index in [1.807, 2.05) is 18.0 Å². The van der Waals surface area contributed by atoms with Crippen LogP contribution in [0.1, 0.15) is 44.9 Å². The number of likely N-dealkylation sites (N-methyl/N-ethyl adjacent to an activating group) is 1. The van der Waals surface area contributed by atoms with E-state index < -0.39 is 0 Å². The largest absolute Gasteiger partial charge is 0.344 e. The molecule has 0 aromatic rings. The van der Waals surface area contributed by atoms with E-state index in [1.165, 1.54) is 25.7 Å². The van der Waals surface area contributed by atoms with Crippen molar-refractivity contribution in [1.82, 2.24) is 10.2 Å². The van der Waals surface area contributed by atoms with Crippen molar-refractivity contribution in [2.24, 2.45) is 5.92 Å². The summed E-state index contributed by atoms with van der Waals surface area (Å²) in [5.74, 6) is 1.03. The molecule has 0 spiro atoms. The van der Waals surface area contributed by atoms with E-state index in [-0.39, 0.29) is 11.9 Å². The van der Waals surface area contributed by atoms with Crippen LogP contribution >= 0.6 is 0 Å². The third-order valence-corrected chi connectivity index (χ3v) is 4.44. The molecule has 1 aliphatic heterocycles. The van der Waals surface area contributed by atoms with Crippen LogP contribution in [0, 0.1) is 5.92 Å². The molecular weight excluding hydrogens is 224 g/mol. The van der Waals surface area contributed by atoms with Crippen LogP contribution < -0.4 is 5.32 Å². The molecule has 18 heavy (non-hydrogen) atoms. The normalized spacial score (nSPS) is 30.8. The predicted octanol–water partition coefficient (Wildman–Crippen LogP) is 2.33. The summed E-state index contributed by atoms with van der Waals surface area (Å²) in [7, 11) is 1.93. The molecule has 2 rings (SSSR count). The third-order valence-electron chi connectivity index (χ3n) is 4.44. The maximum atomic E-state index is 12.3. The molecule has 1 amide bonds. The SMILES string of the molecule is C=CCCCN(C)C(=O)C1CC2CCCCC2N1. The Morgan fingerprint density at radius 2 is 2.22 bits per heavy atom. The summed E-state index contributed by atoms with van der Waals surface area (Å²) in [5, 5.41) is 3.55. The van der Waals surface area contributed by atoms with Crippen LogP contribution in [0.3, 0.4) is 0 Å². The van der Waals surface area contributed by atoms with Gasteiger partial charge < -0.3 is 10.2 Å². The van der Waals surface area contributed by atoms with Crippen LogP contribution in [-0.4, -0.2) is 36.5 Å². The van der Waals surface area contributed by atoms with Gasteiger partial charge in [-0.1, -0.05) is 18.9 Å². The minimum Gasteiger partial charge on any atom is -0.344 e. The van der Waals surface area contributed by atoms with Gasteiger partial charge in [-0.15, -0.1) is 6.58 Å². The van der Waals surface area contributed by atoms with Gasteiger partial charge in [0, 0.05) is 19.6 Å². The van der Waals surface area contributed by atoms with Gasteiger partial charge >= 0.3 is 0 Å². The van der Waals surface area contributed by atoms with Crippen molar-refractivity contribution in [1.29, 1.82) is 0 Å². The number of allylic oxidation sites excluding steroid dienone is 1. The lowest BCUT2D eigenvalue weighted by Crippen LogP contribution is -2.44. The number of nitrogens with one attached hydrogen (secondary N) is 1. The second-order valence-corrected chi connectivity index (χ2v) is 5.80. The Hall–Kier alpha value is -0.830. The highest BCUT2D eigenvalue weighted by Crippen LogP contribution is 2.33. The summed E-state index contributed by atoms with van der Waals surface area (Å²) >= 11 is 0. The van der Waals surface area contributed by atoms with Crippen molar-refractivity contribution in [3.05, 3.63) is 12.7 Å². The molecule has 3 nitrogen and oxygen atoms in total. The van der Waals surface area contributed by atoms with Gasteiger partial charge in [0.25, 0.3) is 0 Å². The molecule has 2 fully saturated rings. The first kappa shape index (κ1) is 13.6. The van der Waals surface area contributed by atoms with Gasteiger partial charge in [-0.2, -0.15) is 0 Å². The Morgan fingerprint density at radius 3 is 2.94 bits per heavy atom. The van der Waals surface area contributed by atoms with Gasteiger partial charge in [0.2, 0.25) is 5.91 Å². The fourth-order valence-electron chi connectivity index (χ4n) is 3.36. The fourth-order valence-corrected chi connectivity index (χ4v) is 3.36. The van der Waals surface area contributed by atoms with E-state index >= 15 is 0 Å². The molecule has 1 saturated heterocycles. The van der Waals surface area contributed by atoms with Crippen LogP contribution in [0.25, 0.3) is 0 Å². The van der Waals surface area contributed by atoms with Crippen molar-refractivity contribution in [3.63, 3.8) is 0 Å².